The third kappa shape index (κ3) is 2.00. The fourth-order valence-corrected chi connectivity index (χ4v) is 2.28. The zero-order valence-corrected chi connectivity index (χ0v) is 9.11. The summed E-state index contributed by atoms with van der Waals surface area (Å²) in [6.45, 7) is 0. The summed E-state index contributed by atoms with van der Waals surface area (Å²) in [7, 11) is -1.45. The Labute approximate surface area is 97.4 Å². The molecular formula is C11H8BNO2S. The molecule has 2 rings (SSSR count). The van der Waals surface area contributed by atoms with E-state index in [2.05, 4.69) is 6.07 Å². The average Bonchev–Trinajstić information content (AvgIpc) is 2.77. The predicted molar refractivity (Wildman–Crippen MR) is 64.3 cm³/mol. The molecule has 0 aliphatic heterocycles. The molecule has 2 N–H and O–H groups in total. The summed E-state index contributed by atoms with van der Waals surface area (Å²) in [5.41, 5.74) is 2.00. The van der Waals surface area contributed by atoms with E-state index in [0.29, 0.717) is 11.0 Å². The van der Waals surface area contributed by atoms with Crippen molar-refractivity contribution in [2.45, 2.75) is 0 Å². The molecule has 0 saturated carbocycles. The number of nitrogens with zero attached hydrogens (tertiary/aromatic N) is 1. The Balaban J connectivity index is 2.39. The van der Waals surface area contributed by atoms with Crippen molar-refractivity contribution in [3.05, 3.63) is 41.3 Å². The Morgan fingerprint density at radius 3 is 2.38 bits per heavy atom. The van der Waals surface area contributed by atoms with Crippen LogP contribution in [0.5, 0.6) is 0 Å². The van der Waals surface area contributed by atoms with Gasteiger partial charge in [-0.05, 0) is 22.5 Å². The zero-order chi connectivity index (χ0) is 11.5. The molecule has 0 atom stereocenters. The van der Waals surface area contributed by atoms with Gasteiger partial charge in [-0.25, -0.2) is 0 Å². The highest BCUT2D eigenvalue weighted by molar-refractivity contribution is 7.13. The van der Waals surface area contributed by atoms with Gasteiger partial charge in [0.05, 0.1) is 10.4 Å². The van der Waals surface area contributed by atoms with Crippen LogP contribution in [0.15, 0.2) is 35.7 Å². The van der Waals surface area contributed by atoms with Crippen LogP contribution >= 0.6 is 11.3 Å². The molecule has 1 aromatic carbocycles. The molecular weight excluding hydrogens is 221 g/mol. The number of hydrogen-bond donors (Lipinski definition) is 2. The maximum absolute atomic E-state index is 8.95. The quantitative estimate of drug-likeness (QED) is 0.754. The maximum Gasteiger partial charge on any atom is 0.488 e. The molecule has 0 fully saturated rings. The van der Waals surface area contributed by atoms with Crippen molar-refractivity contribution in [3.8, 4) is 16.5 Å². The lowest BCUT2D eigenvalue weighted by Gasteiger charge is -2.01. The van der Waals surface area contributed by atoms with Crippen molar-refractivity contribution in [2.75, 3.05) is 0 Å². The van der Waals surface area contributed by atoms with E-state index in [-0.39, 0.29) is 0 Å². The summed E-state index contributed by atoms with van der Waals surface area (Å²) >= 11 is 1.49. The van der Waals surface area contributed by atoms with E-state index in [1.165, 1.54) is 11.3 Å². The van der Waals surface area contributed by atoms with Crippen molar-refractivity contribution >= 4 is 23.9 Å². The van der Waals surface area contributed by atoms with Gasteiger partial charge in [0.2, 0.25) is 0 Å². The lowest BCUT2D eigenvalue weighted by Crippen LogP contribution is -2.29. The van der Waals surface area contributed by atoms with Crippen LogP contribution in [0.4, 0.5) is 0 Å². The summed E-state index contributed by atoms with van der Waals surface area (Å²) < 4.78 is 0. The minimum atomic E-state index is -1.45. The van der Waals surface area contributed by atoms with Crippen LogP contribution in [-0.2, 0) is 0 Å². The molecule has 0 aliphatic carbocycles. The summed E-state index contributed by atoms with van der Waals surface area (Å²) in [6, 6.07) is 10.7. The van der Waals surface area contributed by atoms with Crippen LogP contribution in [0.25, 0.3) is 10.4 Å². The third-order valence-electron chi connectivity index (χ3n) is 2.26. The zero-order valence-electron chi connectivity index (χ0n) is 8.29. The van der Waals surface area contributed by atoms with Crippen LogP contribution < -0.4 is 5.46 Å². The van der Waals surface area contributed by atoms with Gasteiger partial charge >= 0.3 is 7.12 Å². The normalized spacial score (nSPS) is 9.81. The molecule has 0 amide bonds. The standard InChI is InChI=1S/C11H8BNO2S/c13-7-9-5-6-16-11(9)8-1-3-10(4-2-8)12(14)15/h1-6,14-15H. The molecule has 0 saturated heterocycles. The smallest absolute Gasteiger partial charge is 0.423 e. The lowest BCUT2D eigenvalue weighted by atomic mass is 9.80. The highest BCUT2D eigenvalue weighted by Gasteiger charge is 2.11. The third-order valence-corrected chi connectivity index (χ3v) is 3.22. The van der Waals surface area contributed by atoms with Gasteiger partial charge in [0.1, 0.15) is 6.07 Å². The molecule has 0 unspecified atom stereocenters. The molecule has 1 aromatic heterocycles. The number of thiophene rings is 1. The Bertz CT molecular complexity index is 528. The van der Waals surface area contributed by atoms with E-state index < -0.39 is 7.12 Å². The minimum Gasteiger partial charge on any atom is -0.423 e. The SMILES string of the molecule is N#Cc1ccsc1-c1ccc(B(O)O)cc1. The molecule has 0 bridgehead atoms. The molecule has 0 radical (unpaired) electrons. The van der Waals surface area contributed by atoms with Crippen molar-refractivity contribution in [2.24, 2.45) is 0 Å². The van der Waals surface area contributed by atoms with Gasteiger partial charge in [0.25, 0.3) is 0 Å². The molecule has 3 nitrogen and oxygen atoms in total. The summed E-state index contributed by atoms with van der Waals surface area (Å²) in [5, 5.41) is 28.7. The first-order valence-electron chi connectivity index (χ1n) is 4.66. The molecule has 2 aromatic rings. The van der Waals surface area contributed by atoms with Crippen molar-refractivity contribution in [3.63, 3.8) is 0 Å². The maximum atomic E-state index is 8.95. The summed E-state index contributed by atoms with van der Waals surface area (Å²) in [6.07, 6.45) is 0. The second kappa shape index (κ2) is 4.50. The molecule has 1 heterocycles. The molecule has 16 heavy (non-hydrogen) atoms. The van der Waals surface area contributed by atoms with E-state index in [4.69, 9.17) is 15.3 Å². The van der Waals surface area contributed by atoms with E-state index in [9.17, 15) is 0 Å². The van der Waals surface area contributed by atoms with Gasteiger partial charge in [-0.2, -0.15) is 5.26 Å². The van der Waals surface area contributed by atoms with E-state index in [0.717, 1.165) is 10.4 Å². The summed E-state index contributed by atoms with van der Waals surface area (Å²) in [5.74, 6) is 0. The monoisotopic (exact) mass is 229 g/mol. The first-order valence-corrected chi connectivity index (χ1v) is 5.54. The van der Waals surface area contributed by atoms with E-state index >= 15 is 0 Å². The highest BCUT2D eigenvalue weighted by atomic mass is 32.1. The van der Waals surface area contributed by atoms with Crippen LogP contribution in [0, 0.1) is 11.3 Å². The van der Waals surface area contributed by atoms with Gasteiger partial charge in [0, 0.05) is 0 Å². The first-order chi connectivity index (χ1) is 7.72. The largest absolute Gasteiger partial charge is 0.488 e. The molecule has 0 aliphatic rings. The second-order valence-electron chi connectivity index (χ2n) is 3.27. The Morgan fingerprint density at radius 1 is 1.12 bits per heavy atom. The Morgan fingerprint density at radius 2 is 1.81 bits per heavy atom. The van der Waals surface area contributed by atoms with Gasteiger partial charge in [-0.15, -0.1) is 11.3 Å². The first kappa shape index (κ1) is 10.9. The fraction of sp³-hybridized carbons (Fsp3) is 0. The lowest BCUT2D eigenvalue weighted by molar-refractivity contribution is 0.426. The van der Waals surface area contributed by atoms with Crippen LogP contribution in [0.3, 0.4) is 0 Å². The van der Waals surface area contributed by atoms with Crippen LogP contribution in [0.2, 0.25) is 0 Å². The van der Waals surface area contributed by atoms with Crippen LogP contribution in [0.1, 0.15) is 5.56 Å². The molecule has 0 spiro atoms. The second-order valence-corrected chi connectivity index (χ2v) is 4.19. The average molecular weight is 229 g/mol. The van der Waals surface area contributed by atoms with Gasteiger partial charge in [-0.1, -0.05) is 24.3 Å². The Kier molecular flexibility index (Phi) is 3.06. The van der Waals surface area contributed by atoms with E-state index in [1.807, 2.05) is 5.38 Å². The number of nitriles is 1. The fourth-order valence-electron chi connectivity index (χ4n) is 1.43. The number of hydrogen-bond acceptors (Lipinski definition) is 4. The van der Waals surface area contributed by atoms with E-state index in [1.54, 1.807) is 30.3 Å². The van der Waals surface area contributed by atoms with Crippen molar-refractivity contribution < 1.29 is 10.0 Å². The van der Waals surface area contributed by atoms with Gasteiger partial charge in [-0.3, -0.25) is 0 Å². The Hall–Kier alpha value is -1.61. The summed E-state index contributed by atoms with van der Waals surface area (Å²) in [4.78, 5) is 0.904. The van der Waals surface area contributed by atoms with Crippen molar-refractivity contribution in [1.29, 1.82) is 5.26 Å². The number of benzene rings is 1. The topological polar surface area (TPSA) is 64.2 Å². The molecule has 78 valence electrons. The predicted octanol–water partition coefficient (Wildman–Crippen LogP) is 0.967. The molecule has 5 heteroatoms. The highest BCUT2D eigenvalue weighted by Crippen LogP contribution is 2.28. The van der Waals surface area contributed by atoms with Crippen LogP contribution in [-0.4, -0.2) is 17.2 Å². The minimum absolute atomic E-state index is 0.443. The van der Waals surface area contributed by atoms with Crippen molar-refractivity contribution in [1.82, 2.24) is 0 Å². The van der Waals surface area contributed by atoms with Gasteiger partial charge < -0.3 is 10.0 Å². The van der Waals surface area contributed by atoms with Gasteiger partial charge in [0.15, 0.2) is 0 Å². The number of rotatable bonds is 2.